The largest absolute Gasteiger partial charge is 0.465 e. The fourth-order valence-electron chi connectivity index (χ4n) is 4.36. The zero-order valence-electron chi connectivity index (χ0n) is 16.8. The Morgan fingerprint density at radius 3 is 2.22 bits per heavy atom. The Balaban J connectivity index is 1.68. The molecule has 0 aliphatic carbocycles. The van der Waals surface area contributed by atoms with Gasteiger partial charge in [-0.25, -0.2) is 9.10 Å². The second-order valence-electron chi connectivity index (χ2n) is 7.65. The van der Waals surface area contributed by atoms with Crippen LogP contribution in [0.5, 0.6) is 0 Å². The summed E-state index contributed by atoms with van der Waals surface area (Å²) in [5.74, 6) is -1.52. The molecule has 2 fully saturated rings. The van der Waals surface area contributed by atoms with Gasteiger partial charge in [0.1, 0.15) is 12.1 Å². The number of rotatable bonds is 6. The Labute approximate surface area is 184 Å². The van der Waals surface area contributed by atoms with Crippen LogP contribution in [-0.2, 0) is 26.4 Å². The Hall–Kier alpha value is -3.44. The molecule has 0 bridgehead atoms. The van der Waals surface area contributed by atoms with E-state index in [1.165, 1.54) is 4.90 Å². The van der Waals surface area contributed by atoms with Crippen LogP contribution in [0.2, 0.25) is 0 Å². The van der Waals surface area contributed by atoms with Crippen molar-refractivity contribution in [2.24, 2.45) is 0 Å². The molecule has 2 aromatic carbocycles. The molecule has 2 aromatic rings. The van der Waals surface area contributed by atoms with Crippen LogP contribution in [0.4, 0.5) is 4.79 Å². The van der Waals surface area contributed by atoms with Crippen LogP contribution in [-0.4, -0.2) is 68.7 Å². The number of carboxylic acid groups (broad SMARTS) is 1. The van der Waals surface area contributed by atoms with Crippen molar-refractivity contribution in [3.63, 3.8) is 0 Å². The molecule has 10 nitrogen and oxygen atoms in total. The summed E-state index contributed by atoms with van der Waals surface area (Å²) in [6.07, 6.45) is -1.15. The number of β-lactam (4-membered cyclic amide) rings is 1. The van der Waals surface area contributed by atoms with E-state index in [1.807, 2.05) is 0 Å². The average Bonchev–Trinajstić information content (AvgIpc) is 3.12. The van der Waals surface area contributed by atoms with E-state index in [2.05, 4.69) is 0 Å². The van der Waals surface area contributed by atoms with Crippen LogP contribution in [0.15, 0.2) is 60.7 Å². The van der Waals surface area contributed by atoms with Gasteiger partial charge < -0.3 is 10.0 Å². The Morgan fingerprint density at radius 2 is 1.66 bits per heavy atom. The van der Waals surface area contributed by atoms with Crippen LogP contribution in [0.25, 0.3) is 0 Å². The summed E-state index contributed by atoms with van der Waals surface area (Å²) in [5, 5.41) is 9.96. The van der Waals surface area contributed by atoms with Crippen LogP contribution in [0, 0.1) is 0 Å². The first-order chi connectivity index (χ1) is 15.2. The third kappa shape index (κ3) is 3.80. The summed E-state index contributed by atoms with van der Waals surface area (Å²) in [4.78, 5) is 40.5. The molecule has 2 saturated heterocycles. The van der Waals surface area contributed by atoms with Crippen molar-refractivity contribution in [1.29, 1.82) is 0 Å². The number of hydrogen-bond acceptors (Lipinski definition) is 5. The number of benzene rings is 2. The van der Waals surface area contributed by atoms with Gasteiger partial charge >= 0.3 is 16.4 Å². The van der Waals surface area contributed by atoms with Gasteiger partial charge in [-0.05, 0) is 17.5 Å². The van der Waals surface area contributed by atoms with Crippen LogP contribution in [0.3, 0.4) is 0 Å². The van der Waals surface area contributed by atoms with Gasteiger partial charge in [0, 0.05) is 6.54 Å². The smallest absolute Gasteiger partial charge is 0.408 e. The first-order valence-electron chi connectivity index (χ1n) is 9.89. The fraction of sp³-hybridized carbons (Fsp3) is 0.286. The van der Waals surface area contributed by atoms with Crippen molar-refractivity contribution in [1.82, 2.24) is 14.1 Å². The Morgan fingerprint density at radius 1 is 1.06 bits per heavy atom. The number of carbonyl (C=O) groups is 3. The number of likely N-dealkylation sites (tertiary alicyclic amines) is 1. The van der Waals surface area contributed by atoms with Gasteiger partial charge in [0.15, 0.2) is 0 Å². The summed E-state index contributed by atoms with van der Waals surface area (Å²) >= 11 is 0. The highest BCUT2D eigenvalue weighted by molar-refractivity contribution is 7.84. The Kier molecular flexibility index (Phi) is 5.61. The summed E-state index contributed by atoms with van der Waals surface area (Å²) in [6, 6.07) is 14.0. The van der Waals surface area contributed by atoms with E-state index in [9.17, 15) is 32.5 Å². The van der Waals surface area contributed by atoms with E-state index in [0.29, 0.717) is 15.4 Å². The van der Waals surface area contributed by atoms with E-state index in [-0.39, 0.29) is 19.5 Å². The van der Waals surface area contributed by atoms with Crippen molar-refractivity contribution < 1.29 is 32.5 Å². The Bertz CT molecular complexity index is 1140. The number of carbonyl (C=O) groups excluding carboxylic acids is 2. The molecule has 2 aliphatic rings. The van der Waals surface area contributed by atoms with Gasteiger partial charge in [0.05, 0.1) is 12.6 Å². The molecule has 0 aromatic heterocycles. The summed E-state index contributed by atoms with van der Waals surface area (Å²) in [7, 11) is -4.72. The van der Waals surface area contributed by atoms with Crippen LogP contribution >= 0.6 is 0 Å². The van der Waals surface area contributed by atoms with Crippen molar-refractivity contribution in [3.05, 3.63) is 71.8 Å². The maximum atomic E-state index is 13.6. The molecule has 0 spiro atoms. The average molecular weight is 459 g/mol. The highest BCUT2D eigenvalue weighted by atomic mass is 32.2. The molecule has 3 amide bonds. The predicted octanol–water partition coefficient (Wildman–Crippen LogP) is 1.52. The predicted molar refractivity (Wildman–Crippen MR) is 111 cm³/mol. The van der Waals surface area contributed by atoms with Crippen molar-refractivity contribution >= 4 is 28.2 Å². The highest BCUT2D eigenvalue weighted by Crippen LogP contribution is 2.38. The molecule has 4 rings (SSSR count). The lowest BCUT2D eigenvalue weighted by Crippen LogP contribution is -2.68. The zero-order chi connectivity index (χ0) is 23.0. The van der Waals surface area contributed by atoms with Crippen LogP contribution in [0.1, 0.15) is 23.6 Å². The minimum absolute atomic E-state index is 0.0610. The normalized spacial score (nSPS) is 21.0. The van der Waals surface area contributed by atoms with E-state index >= 15 is 0 Å². The molecule has 3 atom stereocenters. The van der Waals surface area contributed by atoms with E-state index in [0.717, 1.165) is 4.90 Å². The molecule has 0 radical (unpaired) electrons. The lowest BCUT2D eigenvalue weighted by Gasteiger charge is -2.43. The number of hydrogen-bond donors (Lipinski definition) is 2. The minimum Gasteiger partial charge on any atom is -0.465 e. The van der Waals surface area contributed by atoms with Crippen molar-refractivity contribution in [2.75, 3.05) is 6.54 Å². The highest BCUT2D eigenvalue weighted by Gasteiger charge is 2.60. The van der Waals surface area contributed by atoms with Crippen LogP contribution < -0.4 is 0 Å². The second kappa shape index (κ2) is 8.24. The third-order valence-corrected chi connectivity index (χ3v) is 6.72. The monoisotopic (exact) mass is 459 g/mol. The second-order valence-corrected chi connectivity index (χ2v) is 8.94. The first kappa shape index (κ1) is 21.8. The molecular weight excluding hydrogens is 438 g/mol. The van der Waals surface area contributed by atoms with Gasteiger partial charge in [-0.15, -0.1) is 0 Å². The molecular formula is C21H21N3O7S. The maximum absolute atomic E-state index is 13.6. The fourth-order valence-corrected chi connectivity index (χ4v) is 5.26. The molecule has 11 heteroatoms. The minimum atomic E-state index is -4.72. The summed E-state index contributed by atoms with van der Waals surface area (Å²) in [5.41, 5.74) is 1.11. The van der Waals surface area contributed by atoms with E-state index in [1.54, 1.807) is 60.7 Å². The van der Waals surface area contributed by atoms with E-state index in [4.69, 9.17) is 0 Å². The summed E-state index contributed by atoms with van der Waals surface area (Å²) in [6.45, 7) is 0.00254. The SMILES string of the molecule is O=C([C@@H](c1ccccc1)N(Cc1ccccc1)C(=O)O)N1CC[C@@H]2[C@H]1C(=O)N2S(=O)(=O)O. The molecule has 2 N–H and O–H groups in total. The standard InChI is InChI=1S/C21H21N3O7S/c25-19(22-12-11-16-18(22)20(26)24(16)32(29,30)31)17(15-9-5-2-6-10-15)23(21(27)28)13-14-7-3-1-4-8-14/h1-10,16-18H,11-13H2,(H,27,28)(H,29,30,31)/t16-,17-,18+/m1/s1. The molecule has 2 aliphatic heterocycles. The summed E-state index contributed by atoms with van der Waals surface area (Å²) < 4.78 is 32.6. The number of fused-ring (bicyclic) bond motifs is 1. The first-order valence-corrected chi connectivity index (χ1v) is 11.3. The lowest BCUT2D eigenvalue weighted by molar-refractivity contribution is -0.154. The van der Waals surface area contributed by atoms with E-state index < -0.39 is 46.3 Å². The number of amides is 3. The molecule has 2 heterocycles. The third-order valence-electron chi connectivity index (χ3n) is 5.77. The maximum Gasteiger partial charge on any atom is 0.408 e. The molecule has 0 saturated carbocycles. The molecule has 0 unspecified atom stereocenters. The van der Waals surface area contributed by atoms with Gasteiger partial charge in [-0.3, -0.25) is 19.0 Å². The van der Waals surface area contributed by atoms with Gasteiger partial charge in [-0.2, -0.15) is 8.42 Å². The quantitative estimate of drug-likeness (QED) is 0.494. The topological polar surface area (TPSA) is 136 Å². The van der Waals surface area contributed by atoms with Gasteiger partial charge in [0.25, 0.3) is 11.8 Å². The molecule has 32 heavy (non-hydrogen) atoms. The lowest BCUT2D eigenvalue weighted by atomic mass is 9.98. The molecule has 168 valence electrons. The van der Waals surface area contributed by atoms with Gasteiger partial charge in [-0.1, -0.05) is 60.7 Å². The zero-order valence-corrected chi connectivity index (χ0v) is 17.6. The number of nitrogens with zero attached hydrogens (tertiary/aromatic N) is 3. The van der Waals surface area contributed by atoms with Gasteiger partial charge in [0.2, 0.25) is 0 Å². The van der Waals surface area contributed by atoms with Crippen molar-refractivity contribution in [3.8, 4) is 0 Å². The van der Waals surface area contributed by atoms with Crippen molar-refractivity contribution in [2.45, 2.75) is 31.1 Å².